The van der Waals surface area contributed by atoms with Crippen molar-refractivity contribution >= 4 is 39.8 Å². The van der Waals surface area contributed by atoms with Crippen LogP contribution in [0.4, 0.5) is 0 Å². The molecule has 0 amide bonds. The molecule has 148 valence electrons. The van der Waals surface area contributed by atoms with Gasteiger partial charge in [-0.1, -0.05) is 29.3 Å². The quantitative estimate of drug-likeness (QED) is 0.355. The molecule has 1 fully saturated rings. The first-order valence-electron chi connectivity index (χ1n) is 8.82. The van der Waals surface area contributed by atoms with Gasteiger partial charge in [0.05, 0.1) is 11.5 Å². The highest BCUT2D eigenvalue weighted by atomic mass is 127. The summed E-state index contributed by atoms with van der Waals surface area (Å²) in [7, 11) is -1.04. The molecule has 1 aliphatic heterocycles. The van der Waals surface area contributed by atoms with E-state index in [2.05, 4.69) is 52.6 Å². The molecule has 1 aromatic carbocycles. The summed E-state index contributed by atoms with van der Waals surface area (Å²) in [6.45, 7) is 7.90. The monoisotopic (exact) mass is 494 g/mol. The molecule has 0 saturated carbocycles. The summed E-state index contributed by atoms with van der Waals surface area (Å²) >= 11 is 0. The van der Waals surface area contributed by atoms with Crippen LogP contribution in [0.5, 0.6) is 0 Å². The van der Waals surface area contributed by atoms with Gasteiger partial charge >= 0.3 is 0 Å². The Hall–Kier alpha value is -0.870. The molecule has 1 aliphatic rings. The van der Waals surface area contributed by atoms with Crippen molar-refractivity contribution in [2.75, 3.05) is 51.3 Å². The van der Waals surface area contributed by atoms with Gasteiger partial charge in [0.15, 0.2) is 15.8 Å². The molecule has 2 rings (SSSR count). The molecular weight excluding hydrogens is 463 g/mol. The maximum atomic E-state index is 11.4. The molecule has 1 aromatic rings. The molecule has 6 nitrogen and oxygen atoms in total. The summed E-state index contributed by atoms with van der Waals surface area (Å²) in [6.07, 6.45) is 0.952. The molecule has 0 atom stereocenters. The second-order valence-electron chi connectivity index (χ2n) is 6.67. The molecule has 0 spiro atoms. The topological polar surface area (TPSA) is 73.8 Å². The number of sulfone groups is 1. The van der Waals surface area contributed by atoms with E-state index in [0.29, 0.717) is 13.1 Å². The van der Waals surface area contributed by atoms with Gasteiger partial charge in [0, 0.05) is 39.8 Å². The first-order chi connectivity index (χ1) is 11.9. The lowest BCUT2D eigenvalue weighted by Gasteiger charge is -2.26. The zero-order chi connectivity index (χ0) is 18.3. The van der Waals surface area contributed by atoms with Crippen molar-refractivity contribution in [3.05, 3.63) is 34.9 Å². The van der Waals surface area contributed by atoms with Crippen molar-refractivity contribution in [1.82, 2.24) is 15.5 Å². The van der Waals surface area contributed by atoms with Gasteiger partial charge in [-0.15, -0.1) is 24.0 Å². The van der Waals surface area contributed by atoms with Gasteiger partial charge in [0.1, 0.15) is 0 Å². The number of halogens is 1. The van der Waals surface area contributed by atoms with E-state index in [1.807, 2.05) is 0 Å². The van der Waals surface area contributed by atoms with Crippen molar-refractivity contribution in [3.8, 4) is 0 Å². The van der Waals surface area contributed by atoms with Crippen LogP contribution in [0.2, 0.25) is 0 Å². The molecule has 0 radical (unpaired) electrons. The van der Waals surface area contributed by atoms with Crippen LogP contribution in [-0.2, 0) is 16.3 Å². The highest BCUT2D eigenvalue weighted by molar-refractivity contribution is 14.0. The lowest BCUT2D eigenvalue weighted by Crippen LogP contribution is -2.46. The fraction of sp³-hybridized carbons (Fsp3) is 0.611. The van der Waals surface area contributed by atoms with Crippen molar-refractivity contribution < 1.29 is 8.42 Å². The molecule has 0 aliphatic carbocycles. The number of benzene rings is 1. The number of aliphatic imine (C=N–C) groups is 1. The molecular formula is C18H31IN4O2S. The minimum Gasteiger partial charge on any atom is -0.356 e. The van der Waals surface area contributed by atoms with Gasteiger partial charge in [-0.25, -0.2) is 8.42 Å². The molecule has 0 aromatic heterocycles. The minimum atomic E-state index is -2.80. The first-order valence-corrected chi connectivity index (χ1v) is 10.6. The fourth-order valence-electron chi connectivity index (χ4n) is 3.07. The van der Waals surface area contributed by atoms with Gasteiger partial charge < -0.3 is 10.6 Å². The van der Waals surface area contributed by atoms with E-state index in [0.717, 1.165) is 32.0 Å². The predicted molar refractivity (Wildman–Crippen MR) is 119 cm³/mol. The van der Waals surface area contributed by atoms with Crippen molar-refractivity contribution in [1.29, 1.82) is 0 Å². The van der Waals surface area contributed by atoms with E-state index in [1.165, 1.54) is 16.7 Å². The third kappa shape index (κ3) is 8.22. The molecule has 2 N–H and O–H groups in total. The van der Waals surface area contributed by atoms with Crippen LogP contribution >= 0.6 is 24.0 Å². The lowest BCUT2D eigenvalue weighted by molar-refractivity contribution is 0.299. The maximum absolute atomic E-state index is 11.4. The Labute approximate surface area is 174 Å². The highest BCUT2D eigenvalue weighted by Gasteiger charge is 2.20. The van der Waals surface area contributed by atoms with Gasteiger partial charge in [-0.3, -0.25) is 9.89 Å². The lowest BCUT2D eigenvalue weighted by atomic mass is 10.1. The first kappa shape index (κ1) is 23.2. The number of nitrogens with zero attached hydrogens (tertiary/aromatic N) is 2. The predicted octanol–water partition coefficient (Wildman–Crippen LogP) is 1.36. The highest BCUT2D eigenvalue weighted by Crippen LogP contribution is 2.09. The van der Waals surface area contributed by atoms with Crippen LogP contribution < -0.4 is 10.6 Å². The SMILES string of the molecule is CN=C(NCCc1cc(C)cc(C)c1)NCCN1CCS(=O)(=O)CC1.I. The van der Waals surface area contributed by atoms with Crippen LogP contribution in [0.15, 0.2) is 23.2 Å². The summed E-state index contributed by atoms with van der Waals surface area (Å²) in [4.78, 5) is 6.42. The normalized spacial score (nSPS) is 17.4. The van der Waals surface area contributed by atoms with Gasteiger partial charge in [-0.2, -0.15) is 0 Å². The molecule has 0 bridgehead atoms. The van der Waals surface area contributed by atoms with Gasteiger partial charge in [0.2, 0.25) is 0 Å². The van der Waals surface area contributed by atoms with Crippen molar-refractivity contribution in [2.24, 2.45) is 4.99 Å². The average molecular weight is 494 g/mol. The van der Waals surface area contributed by atoms with Gasteiger partial charge in [-0.05, 0) is 25.8 Å². The van der Waals surface area contributed by atoms with E-state index in [-0.39, 0.29) is 35.5 Å². The Morgan fingerprint density at radius 2 is 1.65 bits per heavy atom. The summed E-state index contributed by atoms with van der Waals surface area (Å²) < 4.78 is 22.9. The van der Waals surface area contributed by atoms with Crippen LogP contribution in [0.25, 0.3) is 0 Å². The van der Waals surface area contributed by atoms with E-state index in [4.69, 9.17) is 0 Å². The molecule has 1 heterocycles. The number of hydrogen-bond donors (Lipinski definition) is 2. The Morgan fingerprint density at radius 1 is 1.08 bits per heavy atom. The standard InChI is InChI=1S/C18H30N4O2S.HI/c1-15-12-16(2)14-17(13-15)4-5-20-18(19-3)21-6-7-22-8-10-25(23,24)11-9-22;/h12-14H,4-11H2,1-3H3,(H2,19,20,21);1H. The average Bonchev–Trinajstić information content (AvgIpc) is 2.54. The number of guanidine groups is 1. The van der Waals surface area contributed by atoms with Crippen LogP contribution in [0.1, 0.15) is 16.7 Å². The van der Waals surface area contributed by atoms with Crippen LogP contribution in [-0.4, -0.2) is 70.6 Å². The summed E-state index contributed by atoms with van der Waals surface area (Å²) in [6, 6.07) is 6.62. The third-order valence-electron chi connectivity index (χ3n) is 4.37. The zero-order valence-corrected chi connectivity index (χ0v) is 19.1. The number of nitrogens with one attached hydrogen (secondary N) is 2. The smallest absolute Gasteiger partial charge is 0.191 e. The Kier molecular flexibility index (Phi) is 9.88. The second-order valence-corrected chi connectivity index (χ2v) is 8.97. The molecule has 1 saturated heterocycles. The largest absolute Gasteiger partial charge is 0.356 e. The summed E-state index contributed by atoms with van der Waals surface area (Å²) in [5.74, 6) is 1.33. The van der Waals surface area contributed by atoms with Crippen LogP contribution in [0.3, 0.4) is 0 Å². The second kappa shape index (κ2) is 11.1. The van der Waals surface area contributed by atoms with Gasteiger partial charge in [0.25, 0.3) is 0 Å². The van der Waals surface area contributed by atoms with E-state index >= 15 is 0 Å². The third-order valence-corrected chi connectivity index (χ3v) is 5.98. The van der Waals surface area contributed by atoms with E-state index in [9.17, 15) is 8.42 Å². The van der Waals surface area contributed by atoms with Crippen molar-refractivity contribution in [2.45, 2.75) is 20.3 Å². The summed E-state index contributed by atoms with van der Waals surface area (Å²) in [5, 5.41) is 6.63. The number of hydrogen-bond acceptors (Lipinski definition) is 4. The Balaban J connectivity index is 0.00000338. The number of aryl methyl sites for hydroxylation is 2. The summed E-state index contributed by atoms with van der Waals surface area (Å²) in [5.41, 5.74) is 3.91. The Morgan fingerprint density at radius 3 is 2.23 bits per heavy atom. The maximum Gasteiger partial charge on any atom is 0.191 e. The van der Waals surface area contributed by atoms with Crippen molar-refractivity contribution in [3.63, 3.8) is 0 Å². The van der Waals surface area contributed by atoms with Crippen LogP contribution in [0, 0.1) is 13.8 Å². The molecule has 26 heavy (non-hydrogen) atoms. The Bertz CT molecular complexity index is 673. The minimum absolute atomic E-state index is 0. The van der Waals surface area contributed by atoms with E-state index in [1.54, 1.807) is 7.05 Å². The van der Waals surface area contributed by atoms with E-state index < -0.39 is 9.84 Å². The molecule has 0 unspecified atom stereocenters. The fourth-order valence-corrected chi connectivity index (χ4v) is 4.34. The number of rotatable bonds is 6. The molecule has 8 heteroatoms. The zero-order valence-electron chi connectivity index (χ0n) is 15.9.